The van der Waals surface area contributed by atoms with Crippen molar-refractivity contribution in [3.05, 3.63) is 71.2 Å². The third kappa shape index (κ3) is 3.99. The molecule has 0 bridgehead atoms. The predicted molar refractivity (Wildman–Crippen MR) is 121 cm³/mol. The van der Waals surface area contributed by atoms with Crippen molar-refractivity contribution in [1.29, 1.82) is 0 Å². The van der Waals surface area contributed by atoms with Crippen molar-refractivity contribution in [2.75, 3.05) is 0 Å². The lowest BCUT2D eigenvalue weighted by atomic mass is 9.89. The number of para-hydroxylation sites is 1. The molecule has 2 fully saturated rings. The van der Waals surface area contributed by atoms with E-state index in [4.69, 9.17) is 9.72 Å². The van der Waals surface area contributed by atoms with E-state index in [2.05, 4.69) is 25.1 Å². The maximum atomic E-state index is 14.0. The van der Waals surface area contributed by atoms with Crippen LogP contribution in [0.2, 0.25) is 0 Å². The topological polar surface area (TPSA) is 39.2 Å². The molecule has 1 atom stereocenters. The van der Waals surface area contributed by atoms with Crippen molar-refractivity contribution in [3.8, 4) is 11.1 Å². The molecule has 1 saturated carbocycles. The molecule has 3 nitrogen and oxygen atoms in total. The molecule has 1 aliphatic carbocycles. The van der Waals surface area contributed by atoms with Gasteiger partial charge in [-0.3, -0.25) is 9.78 Å². The number of carbonyl (C=O) groups is 1. The summed E-state index contributed by atoms with van der Waals surface area (Å²) < 4.78 is 19.6. The standard InChI is InChI=1S/C27H26FNO2/c1-2-17-16-19(28)12-14-21(17)26-22-7-3-4-8-24(22)29-27(18-10-11-18)23(26)15-13-20-6-5-9-25(30)31-20/h3-4,7-8,12-16,18,20H,2,5-6,9-11H2,1H3/b15-13+/t20-/m0/s1. The van der Waals surface area contributed by atoms with Crippen LogP contribution in [0.1, 0.15) is 61.8 Å². The molecule has 0 spiro atoms. The van der Waals surface area contributed by atoms with E-state index >= 15 is 0 Å². The molecule has 2 aliphatic rings. The minimum atomic E-state index is -0.215. The Morgan fingerprint density at radius 1 is 1.16 bits per heavy atom. The molecule has 3 aromatic rings. The fraction of sp³-hybridized carbons (Fsp3) is 0.333. The molecule has 0 N–H and O–H groups in total. The minimum absolute atomic E-state index is 0.132. The molecule has 5 rings (SSSR count). The van der Waals surface area contributed by atoms with E-state index in [1.165, 1.54) is 6.07 Å². The zero-order chi connectivity index (χ0) is 21.4. The molecule has 4 heteroatoms. The highest BCUT2D eigenvalue weighted by Gasteiger charge is 2.30. The first kappa shape index (κ1) is 19.9. The van der Waals surface area contributed by atoms with Crippen molar-refractivity contribution in [1.82, 2.24) is 4.98 Å². The number of esters is 1. The highest BCUT2D eigenvalue weighted by Crippen LogP contribution is 2.46. The number of ether oxygens (including phenoxy) is 1. The summed E-state index contributed by atoms with van der Waals surface area (Å²) in [5, 5.41) is 1.06. The van der Waals surface area contributed by atoms with Gasteiger partial charge in [-0.05, 0) is 67.5 Å². The second-order valence-electron chi connectivity index (χ2n) is 8.51. The average molecular weight is 416 g/mol. The van der Waals surface area contributed by atoms with Gasteiger partial charge in [0.25, 0.3) is 0 Å². The Hall–Kier alpha value is -3.01. The number of benzene rings is 2. The molecule has 1 aromatic heterocycles. The Morgan fingerprint density at radius 2 is 2.00 bits per heavy atom. The van der Waals surface area contributed by atoms with E-state index in [1.54, 1.807) is 6.07 Å². The van der Waals surface area contributed by atoms with Crippen LogP contribution in [-0.2, 0) is 16.0 Å². The zero-order valence-corrected chi connectivity index (χ0v) is 17.7. The molecule has 0 radical (unpaired) electrons. The molecule has 2 aromatic carbocycles. The van der Waals surface area contributed by atoms with Gasteiger partial charge in [-0.1, -0.05) is 37.3 Å². The Morgan fingerprint density at radius 3 is 2.77 bits per heavy atom. The van der Waals surface area contributed by atoms with Crippen molar-refractivity contribution >= 4 is 22.9 Å². The fourth-order valence-corrected chi connectivity index (χ4v) is 4.54. The smallest absolute Gasteiger partial charge is 0.306 e. The number of carbonyl (C=O) groups excluding carboxylic acids is 1. The van der Waals surface area contributed by atoms with Gasteiger partial charge in [-0.25, -0.2) is 4.39 Å². The lowest BCUT2D eigenvalue weighted by Gasteiger charge is -2.20. The van der Waals surface area contributed by atoms with Gasteiger partial charge in [0.1, 0.15) is 11.9 Å². The number of pyridine rings is 1. The molecular weight excluding hydrogens is 389 g/mol. The van der Waals surface area contributed by atoms with Crippen LogP contribution in [0.4, 0.5) is 4.39 Å². The van der Waals surface area contributed by atoms with Gasteiger partial charge in [-0.15, -0.1) is 0 Å². The zero-order valence-electron chi connectivity index (χ0n) is 17.7. The normalized spacial score (nSPS) is 19.2. The van der Waals surface area contributed by atoms with E-state index < -0.39 is 0 Å². The summed E-state index contributed by atoms with van der Waals surface area (Å²) in [6, 6.07) is 13.2. The van der Waals surface area contributed by atoms with Crippen LogP contribution in [0.5, 0.6) is 0 Å². The van der Waals surface area contributed by atoms with Gasteiger partial charge < -0.3 is 4.74 Å². The van der Waals surface area contributed by atoms with Gasteiger partial charge in [0.05, 0.1) is 11.2 Å². The monoisotopic (exact) mass is 415 g/mol. The summed E-state index contributed by atoms with van der Waals surface area (Å²) in [5.74, 6) is 0.0991. The summed E-state index contributed by atoms with van der Waals surface area (Å²) in [7, 11) is 0. The second-order valence-corrected chi connectivity index (χ2v) is 8.51. The van der Waals surface area contributed by atoms with Crippen molar-refractivity contribution in [3.63, 3.8) is 0 Å². The second kappa shape index (κ2) is 8.26. The summed E-state index contributed by atoms with van der Waals surface area (Å²) in [6.07, 6.45) is 9.09. The minimum Gasteiger partial charge on any atom is -0.458 e. The molecular formula is C27H26FNO2. The molecule has 1 aliphatic heterocycles. The Labute approximate surface area is 182 Å². The average Bonchev–Trinajstić information content (AvgIpc) is 3.62. The molecule has 158 valence electrons. The first-order valence-electron chi connectivity index (χ1n) is 11.2. The lowest BCUT2D eigenvalue weighted by Crippen LogP contribution is -2.21. The number of fused-ring (bicyclic) bond motifs is 1. The van der Waals surface area contributed by atoms with Crippen LogP contribution in [0.15, 0.2) is 48.5 Å². The third-order valence-electron chi connectivity index (χ3n) is 6.27. The van der Waals surface area contributed by atoms with E-state index in [-0.39, 0.29) is 17.9 Å². The van der Waals surface area contributed by atoms with Gasteiger partial charge in [-0.2, -0.15) is 0 Å². The summed E-state index contributed by atoms with van der Waals surface area (Å²) in [4.78, 5) is 16.8. The highest BCUT2D eigenvalue weighted by atomic mass is 19.1. The number of cyclic esters (lactones) is 1. The maximum Gasteiger partial charge on any atom is 0.306 e. The number of hydrogen-bond donors (Lipinski definition) is 0. The molecule has 31 heavy (non-hydrogen) atoms. The fourth-order valence-electron chi connectivity index (χ4n) is 4.54. The number of aromatic nitrogens is 1. The molecule has 2 heterocycles. The Balaban J connectivity index is 1.74. The summed E-state index contributed by atoms with van der Waals surface area (Å²) in [5.41, 5.74) is 6.26. The summed E-state index contributed by atoms with van der Waals surface area (Å²) in [6.45, 7) is 2.06. The lowest BCUT2D eigenvalue weighted by molar-refractivity contribution is -0.150. The largest absolute Gasteiger partial charge is 0.458 e. The van der Waals surface area contributed by atoms with Gasteiger partial charge in [0.15, 0.2) is 0 Å². The van der Waals surface area contributed by atoms with Gasteiger partial charge >= 0.3 is 5.97 Å². The van der Waals surface area contributed by atoms with Crippen LogP contribution in [-0.4, -0.2) is 17.1 Å². The number of hydrogen-bond acceptors (Lipinski definition) is 3. The first-order chi connectivity index (χ1) is 15.1. The van der Waals surface area contributed by atoms with Gasteiger partial charge in [0.2, 0.25) is 0 Å². The van der Waals surface area contributed by atoms with Crippen LogP contribution < -0.4 is 0 Å². The third-order valence-corrected chi connectivity index (χ3v) is 6.27. The van der Waals surface area contributed by atoms with E-state index in [0.29, 0.717) is 12.3 Å². The number of halogens is 1. The van der Waals surface area contributed by atoms with Gasteiger partial charge in [0, 0.05) is 28.9 Å². The Bertz CT molecular complexity index is 1180. The number of aryl methyl sites for hydroxylation is 1. The van der Waals surface area contributed by atoms with Crippen LogP contribution >= 0.6 is 0 Å². The SMILES string of the molecule is CCc1cc(F)ccc1-c1c(/C=C/[C@@H]2CCCC(=O)O2)c(C2CC2)nc2ccccc12. The van der Waals surface area contributed by atoms with E-state index in [0.717, 1.165) is 71.0 Å². The Kier molecular flexibility index (Phi) is 5.31. The van der Waals surface area contributed by atoms with Crippen molar-refractivity contribution in [2.24, 2.45) is 0 Å². The first-order valence-corrected chi connectivity index (χ1v) is 11.2. The number of rotatable bonds is 5. The van der Waals surface area contributed by atoms with Crippen LogP contribution in [0, 0.1) is 5.82 Å². The molecule has 0 amide bonds. The molecule has 1 saturated heterocycles. The molecule has 0 unspecified atom stereocenters. The predicted octanol–water partition coefficient (Wildman–Crippen LogP) is 6.59. The van der Waals surface area contributed by atoms with E-state index in [1.807, 2.05) is 24.3 Å². The van der Waals surface area contributed by atoms with E-state index in [9.17, 15) is 9.18 Å². The number of nitrogens with zero attached hydrogens (tertiary/aromatic N) is 1. The summed E-state index contributed by atoms with van der Waals surface area (Å²) >= 11 is 0. The van der Waals surface area contributed by atoms with Crippen LogP contribution in [0.3, 0.4) is 0 Å². The quantitative estimate of drug-likeness (QED) is 0.441. The van der Waals surface area contributed by atoms with Crippen molar-refractivity contribution < 1.29 is 13.9 Å². The highest BCUT2D eigenvalue weighted by molar-refractivity contribution is 6.00. The van der Waals surface area contributed by atoms with Crippen LogP contribution in [0.25, 0.3) is 28.1 Å². The van der Waals surface area contributed by atoms with Crippen molar-refractivity contribution in [2.45, 2.75) is 57.5 Å². The maximum absolute atomic E-state index is 14.0.